The molecule has 0 saturated carbocycles. The summed E-state index contributed by atoms with van der Waals surface area (Å²) in [5, 5.41) is -0.702. The molecule has 0 bridgehead atoms. The maximum atomic E-state index is 15.5. The molecule has 22 nitrogen and oxygen atoms in total. The van der Waals surface area contributed by atoms with Gasteiger partial charge in [-0.1, -0.05) is 225 Å². The van der Waals surface area contributed by atoms with E-state index in [4.69, 9.17) is 92.6 Å². The largest absolute Gasteiger partial charge is 0.486 e. The zero-order valence-electron chi connectivity index (χ0n) is 89.4. The molecule has 0 spiro atoms. The van der Waals surface area contributed by atoms with Gasteiger partial charge in [0.25, 0.3) is 0 Å². The van der Waals surface area contributed by atoms with E-state index in [1.165, 1.54) is 0 Å². The second-order valence-electron chi connectivity index (χ2n) is 47.7. The van der Waals surface area contributed by atoms with Crippen molar-refractivity contribution < 1.29 is 92.2 Å². The van der Waals surface area contributed by atoms with Gasteiger partial charge in [-0.2, -0.15) is 0 Å². The second-order valence-corrected chi connectivity index (χ2v) is 77.1. The Morgan fingerprint density at radius 2 is 0.750 bits per heavy atom. The number of carbonyl (C=O) groups is 2. The van der Waals surface area contributed by atoms with Crippen molar-refractivity contribution in [3.63, 3.8) is 0 Å². The lowest BCUT2D eigenvalue weighted by atomic mass is 9.76. The van der Waals surface area contributed by atoms with Crippen LogP contribution < -0.4 is 0 Å². The van der Waals surface area contributed by atoms with Crippen molar-refractivity contribution in [2.45, 2.75) is 451 Å². The molecular weight excluding hydrogens is 1830 g/mol. The molecule has 0 amide bonds. The van der Waals surface area contributed by atoms with Gasteiger partial charge >= 0.3 is 19.1 Å². The van der Waals surface area contributed by atoms with Crippen molar-refractivity contribution in [3.8, 4) is 0 Å². The summed E-state index contributed by atoms with van der Waals surface area (Å²) >= 11 is 2.21. The highest BCUT2D eigenvalue weighted by Crippen LogP contribution is 2.49. The molecule has 1 aliphatic heterocycles. The zero-order chi connectivity index (χ0) is 98.8. The monoisotopic (exact) mass is 2020 g/mol. The molecule has 0 N–H and O–H groups in total. The Labute approximate surface area is 800 Å². The van der Waals surface area contributed by atoms with E-state index in [-0.39, 0.29) is 92.0 Å². The predicted octanol–water partition coefficient (Wildman–Crippen LogP) is 26.0. The van der Waals surface area contributed by atoms with Crippen molar-refractivity contribution in [2.75, 3.05) is 55.9 Å². The molecule has 742 valence electrons. The summed E-state index contributed by atoms with van der Waals surface area (Å²) in [4.78, 5) is 41.0. The summed E-state index contributed by atoms with van der Waals surface area (Å²) in [5.41, 5.74) is -1.42. The molecule has 30 heteroatoms. The minimum absolute atomic E-state index is 0.00472. The van der Waals surface area contributed by atoms with Gasteiger partial charge in [0.15, 0.2) is 61.7 Å². The summed E-state index contributed by atoms with van der Waals surface area (Å²) in [6.07, 6.45) is 12.3. The predicted molar refractivity (Wildman–Crippen MR) is 547 cm³/mol. The number of methoxy groups -OCH3 is 6. The topological polar surface area (TPSA) is 234 Å². The quantitative estimate of drug-likeness (QED) is 0.0259. The van der Waals surface area contributed by atoms with Crippen molar-refractivity contribution in [1.29, 1.82) is 0 Å². The fourth-order valence-corrected chi connectivity index (χ4v) is 21.9. The third kappa shape index (κ3) is 35.4. The molecule has 128 heavy (non-hydrogen) atoms. The Hall–Kier alpha value is -2.14. The van der Waals surface area contributed by atoms with Crippen LogP contribution in [-0.4, -0.2) is 207 Å². The number of esters is 2. The molecule has 0 aliphatic carbocycles. The number of aromatic nitrogens is 2. The van der Waals surface area contributed by atoms with Crippen LogP contribution in [0.4, 0.5) is 0 Å². The van der Waals surface area contributed by atoms with Crippen LogP contribution in [0.3, 0.4) is 0 Å². The number of halogens is 1. The van der Waals surface area contributed by atoms with Gasteiger partial charge in [-0.05, 0) is 159 Å². The van der Waals surface area contributed by atoms with Crippen molar-refractivity contribution in [3.05, 3.63) is 82.2 Å². The summed E-state index contributed by atoms with van der Waals surface area (Å²) < 4.78 is 122. The molecule has 1 fully saturated rings. The van der Waals surface area contributed by atoms with Crippen molar-refractivity contribution in [2.24, 2.45) is 22.7 Å². The molecule has 0 unspecified atom stereocenters. The Morgan fingerprint density at radius 3 is 1.05 bits per heavy atom. The molecular formula is C98H186BIN2O20Si6. The number of ether oxygens (including phenoxy) is 8. The first-order valence-electron chi connectivity index (χ1n) is 47.1. The summed E-state index contributed by atoms with van der Waals surface area (Å²) in [7, 11) is -4.78. The maximum Gasteiger partial charge on any atom is 0.486 e. The van der Waals surface area contributed by atoms with Gasteiger partial charge in [-0.25, -0.2) is 9.97 Å². The Bertz CT molecular complexity index is 3760. The van der Waals surface area contributed by atoms with Gasteiger partial charge in [0.1, 0.15) is 48.3 Å². The molecule has 1 saturated heterocycles. The standard InChI is InChI=1S/C98H186BIN2O20Si6/c1-69(65-113-123(35,36)89(3,4)5)79(109-33)61-81(95(21,22)84(120-128(45,46)94(18,19)20)64-86-102-76(68-112-86)78(108-32)53-50-55-99-121-97(25,26)98(27,28)122-99)115-87(103)59-73(117-125(39,40)91(9,10)11)57-71(105-29)51-48-47-49-52-77(107-31)75-67-111-85(101-75)63-83(119-127(43,44)93(15,16)17)96(23,24)82(62-80(110-34)70(2)66-114-124(37,38)90(6,7)8)116-88(104)60-74(58-72(106-30)54-56-100)118-126(41,42)92(12,13)14/h47-51,54-56,67-74,77-84H,52-53,57-66H2,1-46H3/b49-47+,51-48+,55-50+,56-54+/t69-,70-,71-,72-,73-,74-,77-,78-,79-,80-,81-,82-,83-,84-/m0/s1. The summed E-state index contributed by atoms with van der Waals surface area (Å²) in [6, 6.07) is 0. The van der Waals surface area contributed by atoms with Crippen molar-refractivity contribution >= 4 is 91.6 Å². The normalized spacial score (nSPS) is 19.0. The average Bonchev–Trinajstić information content (AvgIpc) is 1.32. The van der Waals surface area contributed by atoms with E-state index in [0.29, 0.717) is 74.9 Å². The fourth-order valence-electron chi connectivity index (χ4n) is 13.6. The number of carbonyl (C=O) groups excluding carboxylic acids is 2. The van der Waals surface area contributed by atoms with E-state index in [0.717, 1.165) is 0 Å². The molecule has 0 aromatic carbocycles. The number of oxazole rings is 2. The van der Waals surface area contributed by atoms with E-state index < -0.39 is 140 Å². The number of rotatable bonds is 54. The second kappa shape index (κ2) is 48.4. The molecule has 3 heterocycles. The smallest absolute Gasteiger partial charge is 0.462 e. The highest BCUT2D eigenvalue weighted by atomic mass is 127. The number of nitrogens with zero attached hydrogens (tertiary/aromatic N) is 2. The number of allylic oxidation sites excluding steroid dienone is 2. The highest BCUT2D eigenvalue weighted by molar-refractivity contribution is 14.1. The fraction of sp³-hybridized carbons (Fsp3) is 0.837. The molecule has 3 rings (SSSR count). The van der Waals surface area contributed by atoms with Crippen LogP contribution in [0, 0.1) is 22.7 Å². The minimum atomic E-state index is -2.59. The first-order chi connectivity index (χ1) is 58.0. The molecule has 2 aromatic rings. The Kier molecular flexibility index (Phi) is 45.4. The third-order valence-corrected chi connectivity index (χ3v) is 57.7. The van der Waals surface area contributed by atoms with Crippen LogP contribution in [0.5, 0.6) is 0 Å². The van der Waals surface area contributed by atoms with E-state index in [1.54, 1.807) is 55.2 Å². The zero-order valence-corrected chi connectivity index (χ0v) is 97.5. The third-order valence-electron chi connectivity index (χ3n) is 30.3. The summed E-state index contributed by atoms with van der Waals surface area (Å²) in [6.45, 7) is 89.0. The van der Waals surface area contributed by atoms with E-state index in [9.17, 15) is 0 Å². The minimum Gasteiger partial charge on any atom is -0.462 e. The first kappa shape index (κ1) is 120. The van der Waals surface area contributed by atoms with Crippen LogP contribution >= 0.6 is 22.6 Å². The van der Waals surface area contributed by atoms with E-state index in [1.807, 2.05) is 74.2 Å². The van der Waals surface area contributed by atoms with Crippen LogP contribution in [0.15, 0.2) is 67.9 Å². The lowest BCUT2D eigenvalue weighted by molar-refractivity contribution is -0.168. The average molecular weight is 2020 g/mol. The number of hydrogen-bond donors (Lipinski definition) is 0. The summed E-state index contributed by atoms with van der Waals surface area (Å²) in [5.74, 6) is 1.96. The van der Waals surface area contributed by atoms with Gasteiger partial charge in [-0.3, -0.25) is 9.59 Å². The van der Waals surface area contributed by atoms with Crippen LogP contribution in [-0.2, 0) is 96.2 Å². The maximum absolute atomic E-state index is 15.5. The molecule has 2 aromatic heterocycles. The lowest BCUT2D eigenvalue weighted by Crippen LogP contribution is -2.54. The van der Waals surface area contributed by atoms with E-state index in [2.05, 4.69) is 267 Å². The van der Waals surface area contributed by atoms with Crippen molar-refractivity contribution in [1.82, 2.24) is 9.97 Å². The highest BCUT2D eigenvalue weighted by Gasteiger charge is 2.54. The van der Waals surface area contributed by atoms with Gasteiger partial charge < -0.3 is 82.6 Å². The van der Waals surface area contributed by atoms with E-state index >= 15 is 9.59 Å². The van der Waals surface area contributed by atoms with Crippen LogP contribution in [0.2, 0.25) is 109 Å². The number of hydrogen-bond acceptors (Lipinski definition) is 22. The molecule has 14 atom stereocenters. The Morgan fingerprint density at radius 1 is 0.430 bits per heavy atom. The Balaban J connectivity index is 2.17. The van der Waals surface area contributed by atoms with Gasteiger partial charge in [0.05, 0.1) is 72.9 Å². The first-order valence-corrected chi connectivity index (χ1v) is 65.8. The molecule has 0 radical (unpaired) electrons. The lowest BCUT2D eigenvalue weighted by Gasteiger charge is -2.47. The SMILES string of the molecule is CO[C@@H](C/C=C/C=C/[C@@H](C[C@@H](CC(=O)O[C@@H](C[C@H](OC)[C@@H](C)CO[Si](C)(C)C(C)(C)C)C(C)(C)[C@H](Cc1nc([C@H](C/C=C/B2OC(C)(C)C(C)(C)O2)OC)co1)O[Si](C)(C)C(C)(C)C)O[Si](C)(C)C(C)(C)C)OC)c1coc(C[C@H](O[Si](C)(C)C(C)(C)C)C(C)(C)[C@H](C[C@H](OC)[C@@H](C)CO[Si](C)(C)C(C)(C)C)OC(=O)C[C@H](C[C@H](/C=C/I)OC)O[Si](C)(C)C(C)(C)C)n1. The molecule has 1 aliphatic rings. The van der Waals surface area contributed by atoms with Crippen LogP contribution in [0.25, 0.3) is 0 Å². The van der Waals surface area contributed by atoms with Gasteiger partial charge in [0.2, 0.25) is 0 Å². The van der Waals surface area contributed by atoms with Crippen LogP contribution in [0.1, 0.15) is 281 Å². The van der Waals surface area contributed by atoms with Gasteiger partial charge in [0, 0.05) is 117 Å². The van der Waals surface area contributed by atoms with Gasteiger partial charge in [-0.15, -0.1) is 0 Å².